The molecule has 1 aromatic heterocycles. The van der Waals surface area contributed by atoms with Gasteiger partial charge in [-0.05, 0) is 31.5 Å². The van der Waals surface area contributed by atoms with E-state index < -0.39 is 0 Å². The number of nitrogens with zero attached hydrogens (tertiary/aromatic N) is 1. The van der Waals surface area contributed by atoms with Crippen LogP contribution in [0.25, 0.3) is 0 Å². The first-order valence-electron chi connectivity index (χ1n) is 6.81. The molecule has 8 heteroatoms. The smallest absolute Gasteiger partial charge is 0.235 e. The van der Waals surface area contributed by atoms with Gasteiger partial charge in [0.1, 0.15) is 5.76 Å². The van der Waals surface area contributed by atoms with Crippen LogP contribution < -0.4 is 10.6 Å². The molecule has 0 saturated carbocycles. The number of hydrogen-bond donors (Lipinski definition) is 2. The lowest BCUT2D eigenvalue weighted by atomic mass is 10.2. The first-order chi connectivity index (χ1) is 11.0. The minimum absolute atomic E-state index is 0.147. The summed E-state index contributed by atoms with van der Waals surface area (Å²) < 4.78 is 4.85. The van der Waals surface area contributed by atoms with Crippen molar-refractivity contribution in [1.29, 1.82) is 0 Å². The van der Waals surface area contributed by atoms with Gasteiger partial charge in [0, 0.05) is 16.8 Å². The third kappa shape index (κ3) is 5.30. The zero-order valence-electron chi connectivity index (χ0n) is 12.7. The second-order valence-corrected chi connectivity index (χ2v) is 6.22. The Kier molecular flexibility index (Phi) is 6.06. The van der Waals surface area contributed by atoms with Crippen molar-refractivity contribution in [2.45, 2.75) is 13.8 Å². The zero-order valence-corrected chi connectivity index (χ0v) is 14.3. The number of hydrogen-bond acceptors (Lipinski definition) is 5. The number of rotatable bonds is 6. The molecule has 122 valence electrons. The molecular weight excluding hydrogens is 338 g/mol. The van der Waals surface area contributed by atoms with Crippen molar-refractivity contribution in [2.75, 3.05) is 22.1 Å². The standard InChI is InChI=1S/C15H16ClN3O3S/c1-9-6-13(19-22-9)18-15(21)8-23-7-14(20)17-12-5-3-4-11(16)10(12)2/h3-6H,7-8H2,1-2H3,(H,17,20)(H,18,19,21). The van der Waals surface area contributed by atoms with Gasteiger partial charge in [0.25, 0.3) is 0 Å². The van der Waals surface area contributed by atoms with Crippen LogP contribution in [-0.4, -0.2) is 28.5 Å². The van der Waals surface area contributed by atoms with Gasteiger partial charge >= 0.3 is 0 Å². The molecule has 0 aliphatic heterocycles. The highest BCUT2D eigenvalue weighted by atomic mass is 35.5. The molecule has 0 bridgehead atoms. The highest BCUT2D eigenvalue weighted by molar-refractivity contribution is 8.00. The van der Waals surface area contributed by atoms with Gasteiger partial charge in [0.05, 0.1) is 11.5 Å². The Morgan fingerprint density at radius 1 is 1.22 bits per heavy atom. The molecule has 0 fully saturated rings. The van der Waals surface area contributed by atoms with Crippen molar-refractivity contribution in [3.05, 3.63) is 40.6 Å². The number of anilines is 2. The molecule has 1 aromatic carbocycles. The molecule has 23 heavy (non-hydrogen) atoms. The summed E-state index contributed by atoms with van der Waals surface area (Å²) in [6.45, 7) is 3.57. The van der Waals surface area contributed by atoms with Crippen molar-refractivity contribution in [3.8, 4) is 0 Å². The molecule has 1 heterocycles. The van der Waals surface area contributed by atoms with Gasteiger partial charge in [-0.25, -0.2) is 0 Å². The van der Waals surface area contributed by atoms with Gasteiger partial charge < -0.3 is 15.2 Å². The van der Waals surface area contributed by atoms with Gasteiger partial charge in [-0.1, -0.05) is 22.8 Å². The summed E-state index contributed by atoms with van der Waals surface area (Å²) in [4.78, 5) is 23.6. The summed E-state index contributed by atoms with van der Waals surface area (Å²) in [5.41, 5.74) is 1.48. The number of carbonyl (C=O) groups is 2. The number of aryl methyl sites for hydroxylation is 1. The van der Waals surface area contributed by atoms with E-state index in [4.69, 9.17) is 16.1 Å². The monoisotopic (exact) mass is 353 g/mol. The molecule has 0 atom stereocenters. The van der Waals surface area contributed by atoms with E-state index in [1.54, 1.807) is 31.2 Å². The van der Waals surface area contributed by atoms with E-state index in [0.717, 1.165) is 5.56 Å². The van der Waals surface area contributed by atoms with Gasteiger partial charge in [-0.2, -0.15) is 0 Å². The molecular formula is C15H16ClN3O3S. The maximum absolute atomic E-state index is 11.9. The molecule has 2 N–H and O–H groups in total. The molecule has 2 aromatic rings. The van der Waals surface area contributed by atoms with Crippen LogP contribution in [0, 0.1) is 13.8 Å². The predicted octanol–water partition coefficient (Wildman–Crippen LogP) is 3.26. The second-order valence-electron chi connectivity index (χ2n) is 4.82. The lowest BCUT2D eigenvalue weighted by molar-refractivity contribution is -0.114. The predicted molar refractivity (Wildman–Crippen MR) is 92.0 cm³/mol. The van der Waals surface area contributed by atoms with E-state index in [-0.39, 0.29) is 23.3 Å². The van der Waals surface area contributed by atoms with Crippen LogP contribution in [-0.2, 0) is 9.59 Å². The van der Waals surface area contributed by atoms with E-state index in [1.165, 1.54) is 11.8 Å². The number of benzene rings is 1. The van der Waals surface area contributed by atoms with Crippen LogP contribution in [0.3, 0.4) is 0 Å². The molecule has 0 unspecified atom stereocenters. The molecule has 2 amide bonds. The SMILES string of the molecule is Cc1cc(NC(=O)CSCC(=O)Nc2cccc(Cl)c2C)no1. The summed E-state index contributed by atoms with van der Waals surface area (Å²) in [7, 11) is 0. The van der Waals surface area contributed by atoms with Crippen molar-refractivity contribution in [3.63, 3.8) is 0 Å². The van der Waals surface area contributed by atoms with Crippen molar-refractivity contribution < 1.29 is 14.1 Å². The number of carbonyl (C=O) groups excluding carboxylic acids is 2. The number of halogens is 1. The molecule has 0 spiro atoms. The number of thioether (sulfide) groups is 1. The van der Waals surface area contributed by atoms with E-state index in [1.807, 2.05) is 6.92 Å². The van der Waals surface area contributed by atoms with Crippen LogP contribution in [0.1, 0.15) is 11.3 Å². The van der Waals surface area contributed by atoms with Crippen LogP contribution in [0.15, 0.2) is 28.8 Å². The van der Waals surface area contributed by atoms with Crippen LogP contribution in [0.2, 0.25) is 5.02 Å². The van der Waals surface area contributed by atoms with Gasteiger partial charge in [-0.15, -0.1) is 11.8 Å². The van der Waals surface area contributed by atoms with Crippen molar-refractivity contribution in [1.82, 2.24) is 5.16 Å². The fourth-order valence-electron chi connectivity index (χ4n) is 1.77. The van der Waals surface area contributed by atoms with E-state index >= 15 is 0 Å². The summed E-state index contributed by atoms with van der Waals surface area (Å²) in [5.74, 6) is 0.863. The van der Waals surface area contributed by atoms with Crippen LogP contribution in [0.4, 0.5) is 11.5 Å². The summed E-state index contributed by atoms with van der Waals surface area (Å²) in [6.07, 6.45) is 0. The molecule has 0 saturated heterocycles. The Balaban J connectivity index is 1.74. The third-order valence-electron chi connectivity index (χ3n) is 2.90. The molecule has 0 aliphatic carbocycles. The molecule has 2 rings (SSSR count). The maximum atomic E-state index is 11.9. The summed E-state index contributed by atoms with van der Waals surface area (Å²) in [5, 5.41) is 9.62. The zero-order chi connectivity index (χ0) is 16.8. The lowest BCUT2D eigenvalue weighted by Crippen LogP contribution is -2.19. The minimum atomic E-state index is -0.241. The largest absolute Gasteiger partial charge is 0.360 e. The highest BCUT2D eigenvalue weighted by Crippen LogP contribution is 2.23. The van der Waals surface area contributed by atoms with Gasteiger partial charge in [0.2, 0.25) is 11.8 Å². The fraction of sp³-hybridized carbons (Fsp3) is 0.267. The maximum Gasteiger partial charge on any atom is 0.235 e. The summed E-state index contributed by atoms with van der Waals surface area (Å²) in [6, 6.07) is 6.93. The van der Waals surface area contributed by atoms with Crippen molar-refractivity contribution >= 4 is 46.7 Å². The Morgan fingerprint density at radius 2 is 1.91 bits per heavy atom. The molecule has 6 nitrogen and oxygen atoms in total. The summed E-state index contributed by atoms with van der Waals surface area (Å²) >= 11 is 7.21. The van der Waals surface area contributed by atoms with Crippen molar-refractivity contribution in [2.24, 2.45) is 0 Å². The topological polar surface area (TPSA) is 84.2 Å². The Bertz CT molecular complexity index is 718. The quantitative estimate of drug-likeness (QED) is 0.832. The van der Waals surface area contributed by atoms with Gasteiger partial charge in [-0.3, -0.25) is 9.59 Å². The Hall–Kier alpha value is -1.99. The van der Waals surface area contributed by atoms with E-state index in [9.17, 15) is 9.59 Å². The first-order valence-corrected chi connectivity index (χ1v) is 8.35. The van der Waals surface area contributed by atoms with Crippen LogP contribution in [0.5, 0.6) is 0 Å². The van der Waals surface area contributed by atoms with E-state index in [2.05, 4.69) is 15.8 Å². The average Bonchev–Trinajstić information content (AvgIpc) is 2.89. The average molecular weight is 354 g/mol. The number of aromatic nitrogens is 1. The highest BCUT2D eigenvalue weighted by Gasteiger charge is 2.10. The number of amides is 2. The molecule has 0 radical (unpaired) electrons. The second kappa shape index (κ2) is 8.03. The first kappa shape index (κ1) is 17.4. The Morgan fingerprint density at radius 3 is 2.57 bits per heavy atom. The fourth-order valence-corrected chi connectivity index (χ4v) is 2.56. The Labute approximate surface area is 142 Å². The van der Waals surface area contributed by atoms with E-state index in [0.29, 0.717) is 22.3 Å². The lowest BCUT2D eigenvalue weighted by Gasteiger charge is -2.09. The van der Waals surface area contributed by atoms with Gasteiger partial charge in [0.15, 0.2) is 5.82 Å². The third-order valence-corrected chi connectivity index (χ3v) is 4.25. The molecule has 0 aliphatic rings. The van der Waals surface area contributed by atoms with Crippen LogP contribution >= 0.6 is 23.4 Å². The normalized spacial score (nSPS) is 10.4. The minimum Gasteiger partial charge on any atom is -0.360 e. The number of nitrogens with one attached hydrogen (secondary N) is 2.